The molecule has 1 fully saturated rings. The van der Waals surface area contributed by atoms with Gasteiger partial charge in [0, 0.05) is 36.8 Å². The number of hydrogen-bond donors (Lipinski definition) is 1. The van der Waals surface area contributed by atoms with E-state index in [1.807, 2.05) is 4.90 Å². The van der Waals surface area contributed by atoms with Gasteiger partial charge in [-0.1, -0.05) is 17.5 Å². The smallest absolute Gasteiger partial charge is 0.253 e. The molecule has 0 atom stereocenters. The van der Waals surface area contributed by atoms with E-state index in [-0.39, 0.29) is 18.4 Å². The van der Waals surface area contributed by atoms with E-state index in [9.17, 15) is 9.59 Å². The second-order valence-electron chi connectivity index (χ2n) is 5.06. The van der Waals surface area contributed by atoms with Crippen molar-refractivity contribution in [1.29, 1.82) is 0 Å². The van der Waals surface area contributed by atoms with Gasteiger partial charge in [-0.15, -0.1) is 6.42 Å². The molecule has 1 aromatic rings. The Morgan fingerprint density at radius 2 is 1.82 bits per heavy atom. The van der Waals surface area contributed by atoms with E-state index in [0.29, 0.717) is 43.3 Å². The zero-order chi connectivity index (χ0) is 15.9. The van der Waals surface area contributed by atoms with Gasteiger partial charge in [-0.2, -0.15) is 0 Å². The van der Waals surface area contributed by atoms with Crippen LogP contribution in [0.3, 0.4) is 0 Å². The van der Waals surface area contributed by atoms with Crippen molar-refractivity contribution in [2.45, 2.75) is 0 Å². The molecule has 0 saturated carbocycles. The molecule has 0 unspecified atom stereocenters. The van der Waals surface area contributed by atoms with Gasteiger partial charge in [0.2, 0.25) is 5.91 Å². The van der Waals surface area contributed by atoms with E-state index < -0.39 is 0 Å². The summed E-state index contributed by atoms with van der Waals surface area (Å²) in [6.45, 7) is 3.10. The topological polar surface area (TPSA) is 52.7 Å². The molecule has 5 nitrogen and oxygen atoms in total. The predicted molar refractivity (Wildman–Crippen MR) is 85.6 cm³/mol. The summed E-state index contributed by atoms with van der Waals surface area (Å²) in [5, 5.41) is 3.25. The van der Waals surface area contributed by atoms with Crippen LogP contribution < -0.4 is 5.32 Å². The van der Waals surface area contributed by atoms with E-state index in [1.54, 1.807) is 29.2 Å². The minimum absolute atomic E-state index is 0.00639. The molecule has 0 bridgehead atoms. The maximum absolute atomic E-state index is 12.3. The van der Waals surface area contributed by atoms with Crippen LogP contribution in [0.4, 0.5) is 0 Å². The second kappa shape index (κ2) is 7.83. The van der Waals surface area contributed by atoms with Crippen LogP contribution >= 0.6 is 11.6 Å². The van der Waals surface area contributed by atoms with E-state index in [2.05, 4.69) is 11.2 Å². The zero-order valence-electron chi connectivity index (χ0n) is 12.2. The second-order valence-corrected chi connectivity index (χ2v) is 5.49. The Hall–Kier alpha value is -2.03. The first-order chi connectivity index (χ1) is 10.6. The predicted octanol–water partition coefficient (Wildman–Crippen LogP) is 0.847. The van der Waals surface area contributed by atoms with Crippen molar-refractivity contribution in [2.75, 3.05) is 39.3 Å². The van der Waals surface area contributed by atoms with Crippen LogP contribution in [-0.2, 0) is 4.79 Å². The van der Waals surface area contributed by atoms with E-state index in [4.69, 9.17) is 18.0 Å². The Balaban J connectivity index is 1.82. The normalized spacial score (nSPS) is 15.2. The first-order valence-corrected chi connectivity index (χ1v) is 7.45. The molecular formula is C16H18ClN3O2. The molecule has 1 N–H and O–H groups in total. The molecule has 1 aliphatic rings. The third-order valence-electron chi connectivity index (χ3n) is 3.51. The van der Waals surface area contributed by atoms with Crippen molar-refractivity contribution in [3.63, 3.8) is 0 Å². The van der Waals surface area contributed by atoms with Crippen LogP contribution in [0, 0.1) is 12.3 Å². The van der Waals surface area contributed by atoms with Gasteiger partial charge in [0.1, 0.15) is 0 Å². The lowest BCUT2D eigenvalue weighted by atomic mass is 10.2. The highest BCUT2D eigenvalue weighted by atomic mass is 35.5. The summed E-state index contributed by atoms with van der Waals surface area (Å²) in [6, 6.07) is 6.87. The number of rotatable bonds is 4. The van der Waals surface area contributed by atoms with Crippen molar-refractivity contribution in [3.05, 3.63) is 34.9 Å². The number of benzene rings is 1. The number of piperazine rings is 1. The number of hydrogen-bond acceptors (Lipinski definition) is 3. The molecule has 1 aromatic carbocycles. The van der Waals surface area contributed by atoms with Crippen LogP contribution in [0.15, 0.2) is 24.3 Å². The van der Waals surface area contributed by atoms with Crippen molar-refractivity contribution in [2.24, 2.45) is 0 Å². The van der Waals surface area contributed by atoms with Crippen molar-refractivity contribution in [3.8, 4) is 12.3 Å². The Labute approximate surface area is 135 Å². The number of halogens is 1. The Kier molecular flexibility index (Phi) is 5.82. The van der Waals surface area contributed by atoms with E-state index in [1.165, 1.54) is 0 Å². The molecule has 6 heteroatoms. The van der Waals surface area contributed by atoms with Crippen molar-refractivity contribution in [1.82, 2.24) is 15.1 Å². The molecule has 0 spiro atoms. The molecule has 116 valence electrons. The third-order valence-corrected chi connectivity index (χ3v) is 3.76. The molecule has 2 amide bonds. The van der Waals surface area contributed by atoms with Gasteiger partial charge in [-0.3, -0.25) is 14.5 Å². The van der Waals surface area contributed by atoms with Crippen LogP contribution in [0.5, 0.6) is 0 Å². The van der Waals surface area contributed by atoms with Gasteiger partial charge in [0.25, 0.3) is 5.91 Å². The average molecular weight is 320 g/mol. The molecule has 0 aromatic heterocycles. The van der Waals surface area contributed by atoms with Gasteiger partial charge in [0.15, 0.2) is 0 Å². The standard InChI is InChI=1S/C16H18ClN3O2/c1-2-7-18-15(21)12-19-8-10-20(11-9-19)16(22)13-3-5-14(17)6-4-13/h1,3-6H,7-12H2,(H,18,21). The number of carbonyl (C=O) groups is 2. The Morgan fingerprint density at radius 1 is 1.18 bits per heavy atom. The van der Waals surface area contributed by atoms with Gasteiger partial charge in [-0.05, 0) is 24.3 Å². The first kappa shape index (κ1) is 16.3. The highest BCUT2D eigenvalue weighted by molar-refractivity contribution is 6.30. The number of nitrogens with one attached hydrogen (secondary N) is 1. The number of nitrogens with zero attached hydrogens (tertiary/aromatic N) is 2. The highest BCUT2D eigenvalue weighted by Crippen LogP contribution is 2.13. The van der Waals surface area contributed by atoms with Crippen LogP contribution in [0.25, 0.3) is 0 Å². The quantitative estimate of drug-likeness (QED) is 0.837. The van der Waals surface area contributed by atoms with Gasteiger partial charge < -0.3 is 10.2 Å². The molecule has 2 rings (SSSR count). The van der Waals surface area contributed by atoms with Crippen LogP contribution in [0.2, 0.25) is 5.02 Å². The summed E-state index contributed by atoms with van der Waals surface area (Å²) in [6.07, 6.45) is 5.10. The summed E-state index contributed by atoms with van der Waals surface area (Å²) >= 11 is 5.82. The summed E-state index contributed by atoms with van der Waals surface area (Å²) in [7, 11) is 0. The number of amides is 2. The molecule has 1 aliphatic heterocycles. The van der Waals surface area contributed by atoms with Gasteiger partial charge >= 0.3 is 0 Å². The summed E-state index contributed by atoms with van der Waals surface area (Å²) in [4.78, 5) is 27.7. The fourth-order valence-corrected chi connectivity index (χ4v) is 2.42. The van der Waals surface area contributed by atoms with E-state index in [0.717, 1.165) is 0 Å². The van der Waals surface area contributed by atoms with Crippen molar-refractivity contribution < 1.29 is 9.59 Å². The summed E-state index contributed by atoms with van der Waals surface area (Å²) in [5.74, 6) is 2.27. The molecule has 1 saturated heterocycles. The molecular weight excluding hydrogens is 302 g/mol. The largest absolute Gasteiger partial charge is 0.344 e. The number of carbonyl (C=O) groups excluding carboxylic acids is 2. The van der Waals surface area contributed by atoms with Crippen LogP contribution in [-0.4, -0.2) is 60.9 Å². The SMILES string of the molecule is C#CCNC(=O)CN1CCN(C(=O)c2ccc(Cl)cc2)CC1. The number of terminal acetylenes is 1. The molecule has 0 radical (unpaired) electrons. The Bertz CT molecular complexity index is 572. The Morgan fingerprint density at radius 3 is 2.41 bits per heavy atom. The monoisotopic (exact) mass is 319 g/mol. The van der Waals surface area contributed by atoms with Gasteiger partial charge in [-0.25, -0.2) is 0 Å². The third kappa shape index (κ3) is 4.48. The summed E-state index contributed by atoms with van der Waals surface area (Å²) in [5.41, 5.74) is 0.629. The van der Waals surface area contributed by atoms with Crippen molar-refractivity contribution >= 4 is 23.4 Å². The summed E-state index contributed by atoms with van der Waals surface area (Å²) < 4.78 is 0. The lowest BCUT2D eigenvalue weighted by Crippen LogP contribution is -2.51. The zero-order valence-corrected chi connectivity index (χ0v) is 13.0. The van der Waals surface area contributed by atoms with E-state index >= 15 is 0 Å². The van der Waals surface area contributed by atoms with Crippen LogP contribution in [0.1, 0.15) is 10.4 Å². The molecule has 22 heavy (non-hydrogen) atoms. The first-order valence-electron chi connectivity index (χ1n) is 7.07. The molecule has 0 aliphatic carbocycles. The minimum atomic E-state index is -0.0876. The minimum Gasteiger partial charge on any atom is -0.344 e. The maximum atomic E-state index is 12.3. The molecule has 1 heterocycles. The highest BCUT2D eigenvalue weighted by Gasteiger charge is 2.23. The lowest BCUT2D eigenvalue weighted by molar-refractivity contribution is -0.122. The maximum Gasteiger partial charge on any atom is 0.253 e. The van der Waals surface area contributed by atoms with Gasteiger partial charge in [0.05, 0.1) is 13.1 Å². The fourth-order valence-electron chi connectivity index (χ4n) is 2.29. The fraction of sp³-hybridized carbons (Fsp3) is 0.375. The lowest BCUT2D eigenvalue weighted by Gasteiger charge is -2.34. The average Bonchev–Trinajstić information content (AvgIpc) is 2.54.